The summed E-state index contributed by atoms with van der Waals surface area (Å²) < 4.78 is 10.8. The summed E-state index contributed by atoms with van der Waals surface area (Å²) >= 11 is 5.30. The van der Waals surface area contributed by atoms with Crippen molar-refractivity contribution in [2.75, 3.05) is 23.8 Å². The van der Waals surface area contributed by atoms with Crippen molar-refractivity contribution in [2.24, 2.45) is 0 Å². The van der Waals surface area contributed by atoms with Gasteiger partial charge < -0.3 is 20.1 Å². The Morgan fingerprint density at radius 3 is 1.42 bits per heavy atom. The first kappa shape index (κ1) is 23.9. The Bertz CT molecular complexity index is 555. The first-order chi connectivity index (χ1) is 10.7. The Hall–Kier alpha value is -0.101. The van der Waals surface area contributed by atoms with Crippen molar-refractivity contribution in [2.45, 2.75) is 13.8 Å². The Kier molecular flexibility index (Phi) is 13.1. The molecule has 0 saturated carbocycles. The molecule has 0 aliphatic heterocycles. The van der Waals surface area contributed by atoms with Gasteiger partial charge in [0.2, 0.25) is 0 Å². The number of hydrogen-bond donors (Lipinski definition) is 2. The number of hydrogen-bond acceptors (Lipinski definition) is 3. The van der Waals surface area contributed by atoms with Crippen molar-refractivity contribution in [3.05, 3.63) is 48.5 Å². The van der Waals surface area contributed by atoms with Gasteiger partial charge in [-0.05, 0) is 74.6 Å². The van der Waals surface area contributed by atoms with E-state index in [4.69, 9.17) is 21.7 Å². The van der Waals surface area contributed by atoms with E-state index in [1.807, 2.05) is 62.4 Å². The molecule has 0 unspecified atom stereocenters. The van der Waals surface area contributed by atoms with Gasteiger partial charge in [-0.25, -0.2) is 0 Å². The predicted octanol–water partition coefficient (Wildman–Crippen LogP) is 2.46. The van der Waals surface area contributed by atoms with E-state index in [2.05, 4.69) is 10.6 Å². The molecular formula is C17H24AlKN2O2S. The van der Waals surface area contributed by atoms with Crippen LogP contribution in [0.2, 0.25) is 0 Å². The van der Waals surface area contributed by atoms with Crippen LogP contribution < -0.4 is 20.1 Å². The van der Waals surface area contributed by atoms with Gasteiger partial charge in [0.05, 0.1) is 13.2 Å². The van der Waals surface area contributed by atoms with E-state index < -0.39 is 0 Å². The van der Waals surface area contributed by atoms with E-state index >= 15 is 0 Å². The van der Waals surface area contributed by atoms with Gasteiger partial charge in [-0.3, -0.25) is 0 Å². The van der Waals surface area contributed by atoms with Crippen molar-refractivity contribution in [3.63, 3.8) is 0 Å². The average Bonchev–Trinajstić information content (AvgIpc) is 2.52. The molecular weight excluding hydrogens is 362 g/mol. The van der Waals surface area contributed by atoms with E-state index in [9.17, 15) is 0 Å². The monoisotopic (exact) mass is 386 g/mol. The summed E-state index contributed by atoms with van der Waals surface area (Å²) in [5.74, 6) is 1.69. The van der Waals surface area contributed by atoms with Crippen LogP contribution in [0, 0.1) is 0 Å². The predicted molar refractivity (Wildman–Crippen MR) is 112 cm³/mol. The normalized spacial score (nSPS) is 9.08. The van der Waals surface area contributed by atoms with E-state index in [1.54, 1.807) is 0 Å². The maximum absolute atomic E-state index is 5.40. The van der Waals surface area contributed by atoms with Gasteiger partial charge >= 0.3 is 51.4 Å². The van der Waals surface area contributed by atoms with Crippen molar-refractivity contribution in [3.8, 4) is 11.5 Å². The molecule has 0 amide bonds. The fraction of sp³-hybridized carbons (Fsp3) is 0.235. The molecule has 0 radical (unpaired) electrons. The zero-order valence-corrected chi connectivity index (χ0v) is 13.6. The van der Waals surface area contributed by atoms with Crippen LogP contribution in [0.4, 0.5) is 11.4 Å². The summed E-state index contributed by atoms with van der Waals surface area (Å²) in [6, 6.07) is 15.3. The number of rotatable bonds is 6. The minimum atomic E-state index is 0. The SMILES string of the molecule is CCOc1ccc(NC(=S)Nc2ccc(OCC)cc2)cc1.[AlH3].[KH]. The summed E-state index contributed by atoms with van der Waals surface area (Å²) in [4.78, 5) is 0. The molecule has 0 atom stereocenters. The Morgan fingerprint density at radius 2 is 1.12 bits per heavy atom. The molecule has 124 valence electrons. The Balaban J connectivity index is 0.00000264. The van der Waals surface area contributed by atoms with E-state index in [0.717, 1.165) is 22.9 Å². The summed E-state index contributed by atoms with van der Waals surface area (Å²) in [5, 5.41) is 6.80. The molecule has 4 nitrogen and oxygen atoms in total. The minimum absolute atomic E-state index is 0. The van der Waals surface area contributed by atoms with E-state index in [0.29, 0.717) is 18.3 Å². The van der Waals surface area contributed by atoms with Gasteiger partial charge in [0.25, 0.3) is 0 Å². The van der Waals surface area contributed by atoms with Crippen molar-refractivity contribution in [1.29, 1.82) is 0 Å². The molecule has 0 fully saturated rings. The fourth-order valence-corrected chi connectivity index (χ4v) is 2.13. The molecule has 0 bridgehead atoms. The summed E-state index contributed by atoms with van der Waals surface area (Å²) in [6.07, 6.45) is 0. The molecule has 2 N–H and O–H groups in total. The van der Waals surface area contributed by atoms with Crippen LogP contribution in [0.1, 0.15) is 13.8 Å². The number of nitrogens with one attached hydrogen (secondary N) is 2. The summed E-state index contributed by atoms with van der Waals surface area (Å²) in [5.41, 5.74) is 1.82. The first-order valence-corrected chi connectivity index (χ1v) is 7.65. The summed E-state index contributed by atoms with van der Waals surface area (Å²) in [6.45, 7) is 5.24. The molecule has 0 aliphatic carbocycles. The van der Waals surface area contributed by atoms with Gasteiger partial charge in [-0.1, -0.05) is 0 Å². The third kappa shape index (κ3) is 8.32. The van der Waals surface area contributed by atoms with Crippen LogP contribution in [0.5, 0.6) is 11.5 Å². The first-order valence-electron chi connectivity index (χ1n) is 7.25. The topological polar surface area (TPSA) is 42.5 Å². The van der Waals surface area contributed by atoms with Gasteiger partial charge in [0.1, 0.15) is 11.5 Å². The molecule has 0 aromatic heterocycles. The molecule has 0 aliphatic rings. The number of anilines is 2. The van der Waals surface area contributed by atoms with Crippen molar-refractivity contribution >= 4 is 97.5 Å². The van der Waals surface area contributed by atoms with Crippen molar-refractivity contribution in [1.82, 2.24) is 0 Å². The second-order valence-electron chi connectivity index (χ2n) is 4.49. The summed E-state index contributed by atoms with van der Waals surface area (Å²) in [7, 11) is 0. The zero-order chi connectivity index (χ0) is 15.8. The van der Waals surface area contributed by atoms with Crippen molar-refractivity contribution < 1.29 is 9.47 Å². The number of benzene rings is 2. The average molecular weight is 387 g/mol. The Morgan fingerprint density at radius 1 is 0.792 bits per heavy atom. The van der Waals surface area contributed by atoms with Gasteiger partial charge in [0.15, 0.2) is 22.5 Å². The zero-order valence-electron chi connectivity index (χ0n) is 12.8. The third-order valence-electron chi connectivity index (χ3n) is 2.85. The molecule has 2 rings (SSSR count). The number of ether oxygens (including phenoxy) is 2. The Labute approximate surface area is 202 Å². The quantitative estimate of drug-likeness (QED) is 0.590. The van der Waals surface area contributed by atoms with Crippen LogP contribution in [0.3, 0.4) is 0 Å². The molecule has 0 heterocycles. The molecule has 0 saturated heterocycles. The second-order valence-corrected chi connectivity index (χ2v) is 4.90. The van der Waals surface area contributed by atoms with Gasteiger partial charge in [0, 0.05) is 11.4 Å². The van der Waals surface area contributed by atoms with E-state index in [-0.39, 0.29) is 68.7 Å². The third-order valence-corrected chi connectivity index (χ3v) is 3.05. The molecule has 2 aromatic rings. The molecule has 7 heteroatoms. The van der Waals surface area contributed by atoms with Crippen LogP contribution in [-0.4, -0.2) is 87.1 Å². The van der Waals surface area contributed by atoms with E-state index in [1.165, 1.54) is 0 Å². The van der Waals surface area contributed by atoms with Crippen LogP contribution >= 0.6 is 12.2 Å². The van der Waals surface area contributed by atoms with Crippen LogP contribution in [0.25, 0.3) is 0 Å². The number of thiocarbonyl (C=S) groups is 1. The molecule has 24 heavy (non-hydrogen) atoms. The second kappa shape index (κ2) is 13.1. The van der Waals surface area contributed by atoms with Gasteiger partial charge in [-0.15, -0.1) is 0 Å². The fourth-order valence-electron chi connectivity index (χ4n) is 1.90. The standard InChI is InChI=1S/C17H20N2O2S.Al.K.4H/c1-3-20-15-9-5-13(6-10-15)18-17(22)19-14-7-11-16(12-8-14)21-4-2;;;;;;/h5-12H,3-4H2,1-2H3,(H2,18,19,22);;;;;;. The van der Waals surface area contributed by atoms with Crippen LogP contribution in [-0.2, 0) is 0 Å². The van der Waals surface area contributed by atoms with Gasteiger partial charge in [-0.2, -0.15) is 0 Å². The van der Waals surface area contributed by atoms with Crippen LogP contribution in [0.15, 0.2) is 48.5 Å². The maximum atomic E-state index is 5.40. The molecule has 2 aromatic carbocycles. The molecule has 0 spiro atoms.